The van der Waals surface area contributed by atoms with Crippen LogP contribution in [0.5, 0.6) is 0 Å². The molecule has 0 aromatic heterocycles. The lowest BCUT2D eigenvalue weighted by Gasteiger charge is -2.39. The zero-order valence-corrected chi connectivity index (χ0v) is 11.4. The van der Waals surface area contributed by atoms with Gasteiger partial charge in [0.25, 0.3) is 0 Å². The fourth-order valence-corrected chi connectivity index (χ4v) is 2.30. The molecule has 2 atom stereocenters. The van der Waals surface area contributed by atoms with E-state index in [0.29, 0.717) is 12.8 Å². The smallest absolute Gasteiger partial charge is 0.163 e. The fourth-order valence-electron chi connectivity index (χ4n) is 2.30. The van der Waals surface area contributed by atoms with E-state index in [4.69, 9.17) is 9.47 Å². The first-order valence-electron chi connectivity index (χ1n) is 6.61. The van der Waals surface area contributed by atoms with Crippen LogP contribution >= 0.6 is 0 Å². The highest BCUT2D eigenvalue weighted by Crippen LogP contribution is 2.28. The maximum Gasteiger partial charge on any atom is 0.163 e. The van der Waals surface area contributed by atoms with Crippen LogP contribution in [0.15, 0.2) is 36.4 Å². The van der Waals surface area contributed by atoms with E-state index in [1.165, 1.54) is 0 Å². The lowest BCUT2D eigenvalue weighted by Crippen LogP contribution is -2.44. The minimum Gasteiger partial charge on any atom is -0.347 e. The second kappa shape index (κ2) is 6.13. The van der Waals surface area contributed by atoms with Gasteiger partial charge in [0.1, 0.15) is 6.29 Å². The summed E-state index contributed by atoms with van der Waals surface area (Å²) in [6.45, 7) is 3.76. The molecule has 1 aromatic carbocycles. The third kappa shape index (κ3) is 4.30. The molecule has 1 aromatic rings. The van der Waals surface area contributed by atoms with Crippen LogP contribution < -0.4 is 0 Å². The average Bonchev–Trinajstić information content (AvgIpc) is 2.36. The Balaban J connectivity index is 2.03. The third-order valence-corrected chi connectivity index (χ3v) is 3.04. The summed E-state index contributed by atoms with van der Waals surface area (Å²) in [6, 6.07) is 10.1. The molecule has 1 aliphatic heterocycles. The quantitative estimate of drug-likeness (QED) is 0.780. The van der Waals surface area contributed by atoms with Crippen molar-refractivity contribution in [2.24, 2.45) is 0 Å². The second-order valence-electron chi connectivity index (χ2n) is 5.20. The van der Waals surface area contributed by atoms with Gasteiger partial charge in [-0.2, -0.15) is 0 Å². The summed E-state index contributed by atoms with van der Waals surface area (Å²) in [5, 5.41) is 0. The van der Waals surface area contributed by atoms with Gasteiger partial charge in [0.2, 0.25) is 0 Å². The largest absolute Gasteiger partial charge is 0.347 e. The Bertz CT molecular complexity index is 437. The van der Waals surface area contributed by atoms with E-state index in [9.17, 15) is 4.79 Å². The SMILES string of the molecule is CC1(C)O[C@H](CC=O)C[C@@H](/C=C/c2ccccc2)O1. The van der Waals surface area contributed by atoms with Crippen molar-refractivity contribution in [1.29, 1.82) is 0 Å². The van der Waals surface area contributed by atoms with E-state index < -0.39 is 5.79 Å². The highest BCUT2D eigenvalue weighted by Gasteiger charge is 2.33. The topological polar surface area (TPSA) is 35.5 Å². The van der Waals surface area contributed by atoms with Crippen molar-refractivity contribution in [3.63, 3.8) is 0 Å². The molecule has 0 bridgehead atoms. The maximum atomic E-state index is 10.6. The summed E-state index contributed by atoms with van der Waals surface area (Å²) < 4.78 is 11.6. The van der Waals surface area contributed by atoms with Crippen LogP contribution in [0.4, 0.5) is 0 Å². The molecule has 0 spiro atoms. The lowest BCUT2D eigenvalue weighted by atomic mass is 10.0. The van der Waals surface area contributed by atoms with Crippen LogP contribution in [0.2, 0.25) is 0 Å². The van der Waals surface area contributed by atoms with Crippen molar-refractivity contribution < 1.29 is 14.3 Å². The van der Waals surface area contributed by atoms with Crippen LogP contribution in [0.1, 0.15) is 32.3 Å². The van der Waals surface area contributed by atoms with Gasteiger partial charge in [-0.25, -0.2) is 0 Å². The molecule has 3 heteroatoms. The molecule has 0 amide bonds. The van der Waals surface area contributed by atoms with Crippen molar-refractivity contribution in [2.75, 3.05) is 0 Å². The zero-order valence-electron chi connectivity index (χ0n) is 11.4. The molecular formula is C16H20O3. The lowest BCUT2D eigenvalue weighted by molar-refractivity contribution is -0.289. The van der Waals surface area contributed by atoms with E-state index in [1.54, 1.807) is 0 Å². The van der Waals surface area contributed by atoms with Crippen molar-refractivity contribution in [1.82, 2.24) is 0 Å². The first kappa shape index (κ1) is 14.0. The Morgan fingerprint density at radius 1 is 1.26 bits per heavy atom. The van der Waals surface area contributed by atoms with Gasteiger partial charge in [0, 0.05) is 12.8 Å². The number of benzene rings is 1. The molecule has 1 aliphatic rings. The monoisotopic (exact) mass is 260 g/mol. The van der Waals surface area contributed by atoms with Crippen LogP contribution in [0.3, 0.4) is 0 Å². The summed E-state index contributed by atoms with van der Waals surface area (Å²) >= 11 is 0. The minimum atomic E-state index is -0.641. The molecular weight excluding hydrogens is 240 g/mol. The standard InChI is InChI=1S/C16H20O3/c1-16(2)18-14(12-15(19-16)10-11-17)9-8-13-6-4-3-5-7-13/h3-9,11,14-15H,10,12H2,1-2H3/b9-8+/t14-,15-/m1/s1. The summed E-state index contributed by atoms with van der Waals surface area (Å²) in [5.74, 6) is -0.641. The second-order valence-corrected chi connectivity index (χ2v) is 5.20. The van der Waals surface area contributed by atoms with Gasteiger partial charge < -0.3 is 14.3 Å². The van der Waals surface area contributed by atoms with E-state index in [-0.39, 0.29) is 12.2 Å². The van der Waals surface area contributed by atoms with Crippen LogP contribution in [0.25, 0.3) is 6.08 Å². The third-order valence-electron chi connectivity index (χ3n) is 3.04. The molecule has 2 rings (SSSR count). The molecule has 0 unspecified atom stereocenters. The first-order valence-corrected chi connectivity index (χ1v) is 6.61. The minimum absolute atomic E-state index is 0.0195. The van der Waals surface area contributed by atoms with Crippen molar-refractivity contribution in [3.05, 3.63) is 42.0 Å². The highest BCUT2D eigenvalue weighted by molar-refractivity contribution is 5.51. The van der Waals surface area contributed by atoms with Gasteiger partial charge >= 0.3 is 0 Å². The molecule has 3 nitrogen and oxygen atoms in total. The summed E-state index contributed by atoms with van der Waals surface area (Å²) in [7, 11) is 0. The van der Waals surface area contributed by atoms with Gasteiger partial charge in [-0.3, -0.25) is 0 Å². The Morgan fingerprint density at radius 3 is 2.68 bits per heavy atom. The number of carbonyl (C=O) groups excluding carboxylic acids is 1. The molecule has 0 aliphatic carbocycles. The Morgan fingerprint density at radius 2 is 2.00 bits per heavy atom. The van der Waals surface area contributed by atoms with Crippen molar-refractivity contribution >= 4 is 12.4 Å². The van der Waals surface area contributed by atoms with Gasteiger partial charge in [-0.15, -0.1) is 0 Å². The van der Waals surface area contributed by atoms with Crippen molar-refractivity contribution in [3.8, 4) is 0 Å². The molecule has 0 radical (unpaired) electrons. The normalized spacial score (nSPS) is 26.4. The van der Waals surface area contributed by atoms with Crippen LogP contribution in [0, 0.1) is 0 Å². The van der Waals surface area contributed by atoms with E-state index in [2.05, 4.69) is 0 Å². The Labute approximate surface area is 114 Å². The van der Waals surface area contributed by atoms with Crippen LogP contribution in [-0.2, 0) is 14.3 Å². The fraction of sp³-hybridized carbons (Fsp3) is 0.438. The van der Waals surface area contributed by atoms with Crippen LogP contribution in [-0.4, -0.2) is 24.3 Å². The number of ether oxygens (including phenoxy) is 2. The molecule has 0 saturated carbocycles. The van der Waals surface area contributed by atoms with E-state index >= 15 is 0 Å². The maximum absolute atomic E-state index is 10.6. The zero-order chi connectivity index (χ0) is 13.7. The van der Waals surface area contributed by atoms with Gasteiger partial charge in [-0.1, -0.05) is 42.5 Å². The molecule has 0 N–H and O–H groups in total. The molecule has 19 heavy (non-hydrogen) atoms. The molecule has 102 valence electrons. The Hall–Kier alpha value is -1.45. The number of hydrogen-bond donors (Lipinski definition) is 0. The van der Waals surface area contributed by atoms with Gasteiger partial charge in [0.05, 0.1) is 12.2 Å². The van der Waals surface area contributed by atoms with E-state index in [1.807, 2.05) is 56.3 Å². The number of hydrogen-bond acceptors (Lipinski definition) is 3. The van der Waals surface area contributed by atoms with Crippen molar-refractivity contribution in [2.45, 2.75) is 44.7 Å². The summed E-state index contributed by atoms with van der Waals surface area (Å²) in [4.78, 5) is 10.6. The van der Waals surface area contributed by atoms with Gasteiger partial charge in [0.15, 0.2) is 5.79 Å². The van der Waals surface area contributed by atoms with Gasteiger partial charge in [-0.05, 0) is 19.4 Å². The Kier molecular flexibility index (Phi) is 4.51. The molecule has 1 heterocycles. The average molecular weight is 260 g/mol. The summed E-state index contributed by atoms with van der Waals surface area (Å²) in [6.07, 6.45) is 6.04. The number of rotatable bonds is 4. The first-order chi connectivity index (χ1) is 9.09. The number of carbonyl (C=O) groups is 1. The summed E-state index contributed by atoms with van der Waals surface area (Å²) in [5.41, 5.74) is 1.14. The molecule has 1 fully saturated rings. The predicted octanol–water partition coefficient (Wildman–Crippen LogP) is 3.20. The highest BCUT2D eigenvalue weighted by atomic mass is 16.7. The molecule has 1 saturated heterocycles. The number of aldehydes is 1. The van der Waals surface area contributed by atoms with E-state index in [0.717, 1.165) is 11.8 Å². The predicted molar refractivity (Wildman–Crippen MR) is 74.6 cm³/mol.